The molecule has 2 aromatic rings. The Balaban J connectivity index is 2.45. The molecule has 17 heavy (non-hydrogen) atoms. The van der Waals surface area contributed by atoms with Crippen molar-refractivity contribution in [2.75, 3.05) is 0 Å². The minimum Gasteiger partial charge on any atom is -0.220 e. The molecule has 0 saturated carbocycles. The summed E-state index contributed by atoms with van der Waals surface area (Å²) >= 11 is 0. The van der Waals surface area contributed by atoms with Gasteiger partial charge in [0.2, 0.25) is 5.95 Å². The molecule has 0 spiro atoms. The van der Waals surface area contributed by atoms with Gasteiger partial charge in [-0.25, -0.2) is 9.37 Å². The molecule has 0 radical (unpaired) electrons. The Bertz CT molecular complexity index is 571. The highest BCUT2D eigenvalue weighted by Gasteiger charge is 2.05. The second-order valence-electron chi connectivity index (χ2n) is 3.53. The molecular formula is C13H8F2N2. The van der Waals surface area contributed by atoms with Crippen molar-refractivity contribution in [1.82, 2.24) is 4.98 Å². The molecule has 0 unspecified atom stereocenters. The van der Waals surface area contributed by atoms with E-state index in [4.69, 9.17) is 5.26 Å². The van der Waals surface area contributed by atoms with E-state index in [9.17, 15) is 8.78 Å². The first-order valence-electron chi connectivity index (χ1n) is 4.98. The van der Waals surface area contributed by atoms with Crippen LogP contribution in [0.2, 0.25) is 0 Å². The van der Waals surface area contributed by atoms with Crippen molar-refractivity contribution in [3.63, 3.8) is 0 Å². The Hall–Kier alpha value is -2.28. The summed E-state index contributed by atoms with van der Waals surface area (Å²) in [6.07, 6.45) is 0.119. The van der Waals surface area contributed by atoms with Gasteiger partial charge in [-0.2, -0.15) is 9.65 Å². The summed E-state index contributed by atoms with van der Waals surface area (Å²) < 4.78 is 26.0. The van der Waals surface area contributed by atoms with E-state index in [2.05, 4.69) is 4.98 Å². The number of aromatic nitrogens is 1. The van der Waals surface area contributed by atoms with E-state index in [1.54, 1.807) is 6.07 Å². The third-order valence-electron chi connectivity index (χ3n) is 2.28. The zero-order valence-corrected chi connectivity index (χ0v) is 8.82. The molecule has 0 aliphatic carbocycles. The Morgan fingerprint density at radius 1 is 1.12 bits per heavy atom. The summed E-state index contributed by atoms with van der Waals surface area (Å²) in [4.78, 5) is 3.72. The molecule has 1 aromatic carbocycles. The summed E-state index contributed by atoms with van der Waals surface area (Å²) in [7, 11) is 0. The van der Waals surface area contributed by atoms with Gasteiger partial charge in [0.25, 0.3) is 0 Å². The SMILES string of the molecule is N#CCc1cc(F)nc(-c2ccc(F)cc2)c1. The van der Waals surface area contributed by atoms with Crippen LogP contribution in [0.25, 0.3) is 11.3 Å². The fourth-order valence-electron chi connectivity index (χ4n) is 1.51. The van der Waals surface area contributed by atoms with E-state index in [0.29, 0.717) is 16.8 Å². The third kappa shape index (κ3) is 2.64. The van der Waals surface area contributed by atoms with Crippen molar-refractivity contribution in [2.24, 2.45) is 0 Å². The lowest BCUT2D eigenvalue weighted by Crippen LogP contribution is -1.92. The van der Waals surface area contributed by atoms with E-state index >= 15 is 0 Å². The third-order valence-corrected chi connectivity index (χ3v) is 2.28. The Morgan fingerprint density at radius 2 is 1.82 bits per heavy atom. The van der Waals surface area contributed by atoms with Gasteiger partial charge in [0.05, 0.1) is 18.2 Å². The number of rotatable bonds is 2. The molecule has 0 aliphatic heterocycles. The summed E-state index contributed by atoms with van der Waals surface area (Å²) in [6, 6.07) is 10.4. The van der Waals surface area contributed by atoms with Gasteiger partial charge in [-0.15, -0.1) is 0 Å². The van der Waals surface area contributed by atoms with Gasteiger partial charge in [0.1, 0.15) is 5.82 Å². The fourth-order valence-corrected chi connectivity index (χ4v) is 1.51. The van der Waals surface area contributed by atoms with Crippen LogP contribution in [0, 0.1) is 23.1 Å². The molecular weight excluding hydrogens is 222 g/mol. The summed E-state index contributed by atoms with van der Waals surface area (Å²) in [6.45, 7) is 0. The molecule has 2 rings (SSSR count). The quantitative estimate of drug-likeness (QED) is 0.743. The van der Waals surface area contributed by atoms with Crippen molar-refractivity contribution in [1.29, 1.82) is 5.26 Å². The van der Waals surface area contributed by atoms with Crippen LogP contribution < -0.4 is 0 Å². The molecule has 0 bridgehead atoms. The predicted molar refractivity (Wildman–Crippen MR) is 58.9 cm³/mol. The summed E-state index contributed by atoms with van der Waals surface area (Å²) in [5.74, 6) is -1.00. The van der Waals surface area contributed by atoms with E-state index in [0.717, 1.165) is 0 Å². The van der Waals surface area contributed by atoms with Gasteiger partial charge in [0, 0.05) is 5.56 Å². The Kier molecular flexibility index (Phi) is 3.10. The standard InChI is InChI=1S/C13H8F2N2/c14-11-3-1-10(2-4-11)12-7-9(5-6-16)8-13(15)17-12/h1-4,7-8H,5H2. The molecule has 1 aromatic heterocycles. The van der Waals surface area contributed by atoms with Crippen molar-refractivity contribution < 1.29 is 8.78 Å². The molecule has 0 amide bonds. The molecule has 4 heteroatoms. The molecule has 2 nitrogen and oxygen atoms in total. The number of hydrogen-bond donors (Lipinski definition) is 0. The lowest BCUT2D eigenvalue weighted by Gasteiger charge is -2.03. The van der Waals surface area contributed by atoms with Crippen LogP contribution in [-0.2, 0) is 6.42 Å². The number of hydrogen-bond acceptors (Lipinski definition) is 2. The number of halogens is 2. The maximum atomic E-state index is 13.2. The van der Waals surface area contributed by atoms with E-state index < -0.39 is 5.95 Å². The summed E-state index contributed by atoms with van der Waals surface area (Å²) in [5.41, 5.74) is 1.57. The Morgan fingerprint density at radius 3 is 2.47 bits per heavy atom. The molecule has 0 N–H and O–H groups in total. The predicted octanol–water partition coefficient (Wildman–Crippen LogP) is 3.09. The van der Waals surface area contributed by atoms with Gasteiger partial charge in [-0.3, -0.25) is 0 Å². The van der Waals surface area contributed by atoms with Crippen LogP contribution >= 0.6 is 0 Å². The first kappa shape index (κ1) is 11.2. The first-order valence-corrected chi connectivity index (χ1v) is 4.98. The number of nitrogens with zero attached hydrogens (tertiary/aromatic N) is 2. The molecule has 1 heterocycles. The molecule has 0 fully saturated rings. The van der Waals surface area contributed by atoms with E-state index in [1.165, 1.54) is 30.3 Å². The van der Waals surface area contributed by atoms with Crippen molar-refractivity contribution in [2.45, 2.75) is 6.42 Å². The number of nitriles is 1. The molecule has 84 valence electrons. The van der Waals surface area contributed by atoms with E-state index in [1.807, 2.05) is 6.07 Å². The van der Waals surface area contributed by atoms with Crippen LogP contribution in [0.5, 0.6) is 0 Å². The van der Waals surface area contributed by atoms with Crippen LogP contribution in [0.1, 0.15) is 5.56 Å². The van der Waals surface area contributed by atoms with Crippen molar-refractivity contribution in [3.8, 4) is 17.3 Å². The zero-order chi connectivity index (χ0) is 12.3. The van der Waals surface area contributed by atoms with E-state index in [-0.39, 0.29) is 12.2 Å². The van der Waals surface area contributed by atoms with Gasteiger partial charge in [-0.1, -0.05) is 0 Å². The van der Waals surface area contributed by atoms with Crippen molar-refractivity contribution >= 4 is 0 Å². The monoisotopic (exact) mass is 230 g/mol. The number of benzene rings is 1. The maximum Gasteiger partial charge on any atom is 0.213 e. The second kappa shape index (κ2) is 4.71. The van der Waals surface area contributed by atoms with Gasteiger partial charge >= 0.3 is 0 Å². The largest absolute Gasteiger partial charge is 0.220 e. The smallest absolute Gasteiger partial charge is 0.213 e. The van der Waals surface area contributed by atoms with Gasteiger partial charge < -0.3 is 0 Å². The average molecular weight is 230 g/mol. The topological polar surface area (TPSA) is 36.7 Å². The minimum absolute atomic E-state index is 0.119. The van der Waals surface area contributed by atoms with Gasteiger partial charge in [0.15, 0.2) is 0 Å². The van der Waals surface area contributed by atoms with Gasteiger partial charge in [-0.05, 0) is 42.0 Å². The molecule has 0 saturated heterocycles. The average Bonchev–Trinajstić information content (AvgIpc) is 2.29. The molecule has 0 atom stereocenters. The second-order valence-corrected chi connectivity index (χ2v) is 3.53. The van der Waals surface area contributed by atoms with Crippen molar-refractivity contribution in [3.05, 3.63) is 53.7 Å². The maximum absolute atomic E-state index is 13.2. The van der Waals surface area contributed by atoms with Crippen LogP contribution in [-0.4, -0.2) is 4.98 Å². The highest BCUT2D eigenvalue weighted by molar-refractivity contribution is 5.59. The lowest BCUT2D eigenvalue weighted by atomic mass is 10.1. The normalized spacial score (nSPS) is 9.94. The zero-order valence-electron chi connectivity index (χ0n) is 8.82. The Labute approximate surface area is 97.2 Å². The lowest BCUT2D eigenvalue weighted by molar-refractivity contribution is 0.583. The highest BCUT2D eigenvalue weighted by Crippen LogP contribution is 2.19. The molecule has 0 aliphatic rings. The highest BCUT2D eigenvalue weighted by atomic mass is 19.1. The van der Waals surface area contributed by atoms with Crippen LogP contribution in [0.15, 0.2) is 36.4 Å². The number of pyridine rings is 1. The van der Waals surface area contributed by atoms with Crippen LogP contribution in [0.3, 0.4) is 0 Å². The van der Waals surface area contributed by atoms with Crippen LogP contribution in [0.4, 0.5) is 8.78 Å². The first-order chi connectivity index (χ1) is 8.19. The minimum atomic E-state index is -0.642. The fraction of sp³-hybridized carbons (Fsp3) is 0.0769. The summed E-state index contributed by atoms with van der Waals surface area (Å²) in [5, 5.41) is 8.57.